The molecule has 1 radical (unpaired) electrons. The number of ketones is 1. The van der Waals surface area contributed by atoms with E-state index < -0.39 is 0 Å². The van der Waals surface area contributed by atoms with Crippen molar-refractivity contribution >= 4 is 27.7 Å². The smallest absolute Gasteiger partial charge is 0.162 e. The fraction of sp³-hybridized carbons (Fsp3) is 0.390. The van der Waals surface area contributed by atoms with Gasteiger partial charge in [-0.1, -0.05) is 102 Å². The molecule has 2 aromatic heterocycles. The predicted octanol–water partition coefficient (Wildman–Crippen LogP) is 10.8. The average Bonchev–Trinajstić information content (AvgIpc) is 3.45. The average molecular weight is 808 g/mol. The molecule has 6 heteroatoms. The van der Waals surface area contributed by atoms with E-state index in [1.807, 2.05) is 27.7 Å². The van der Waals surface area contributed by atoms with Crippen molar-refractivity contribution in [3.05, 3.63) is 95.5 Å². The maximum atomic E-state index is 11.7. The van der Waals surface area contributed by atoms with Gasteiger partial charge in [-0.15, -0.1) is 29.1 Å². The van der Waals surface area contributed by atoms with Crippen LogP contribution in [0.2, 0.25) is 0 Å². The predicted molar refractivity (Wildman–Crippen MR) is 189 cm³/mol. The number of hydrogen-bond acceptors (Lipinski definition) is 5. The Morgan fingerprint density at radius 3 is 2.28 bits per heavy atom. The van der Waals surface area contributed by atoms with Crippen molar-refractivity contribution in [2.75, 3.05) is 0 Å². The Morgan fingerprint density at radius 2 is 1.60 bits per heavy atom. The van der Waals surface area contributed by atoms with Gasteiger partial charge in [0.05, 0.1) is 11.5 Å². The number of hydrogen-bond donors (Lipinski definition) is 1. The second-order valence-corrected chi connectivity index (χ2v) is 13.4. The van der Waals surface area contributed by atoms with Crippen LogP contribution in [0.5, 0.6) is 0 Å². The molecule has 0 aliphatic heterocycles. The largest absolute Gasteiger partial charge is 0.512 e. The zero-order valence-corrected chi connectivity index (χ0v) is 31.1. The Morgan fingerprint density at radius 1 is 0.936 bits per heavy atom. The summed E-state index contributed by atoms with van der Waals surface area (Å²) in [5.41, 5.74) is 8.42. The number of fused-ring (bicyclic) bond motifs is 6. The van der Waals surface area contributed by atoms with E-state index in [2.05, 4.69) is 91.4 Å². The minimum Gasteiger partial charge on any atom is -0.512 e. The second-order valence-electron chi connectivity index (χ2n) is 13.4. The Labute approximate surface area is 293 Å². The normalized spacial score (nSPS) is 12.8. The maximum Gasteiger partial charge on any atom is 0.162 e. The van der Waals surface area contributed by atoms with Gasteiger partial charge in [-0.05, 0) is 49.5 Å². The maximum absolute atomic E-state index is 11.7. The summed E-state index contributed by atoms with van der Waals surface area (Å²) in [5.74, 6) is 1.49. The number of aryl methyl sites for hydroxylation is 2. The molecular formula is C41H47IrN2O3-. The molecule has 1 aliphatic rings. The summed E-state index contributed by atoms with van der Waals surface area (Å²) in [6.45, 7) is 14.8. The van der Waals surface area contributed by atoms with Crippen molar-refractivity contribution in [1.82, 2.24) is 9.97 Å². The van der Waals surface area contributed by atoms with Crippen molar-refractivity contribution in [1.29, 1.82) is 0 Å². The van der Waals surface area contributed by atoms with E-state index in [-0.39, 0.29) is 48.9 Å². The van der Waals surface area contributed by atoms with Gasteiger partial charge in [-0.25, -0.2) is 4.98 Å². The first-order valence-electron chi connectivity index (χ1n) is 16.9. The monoisotopic (exact) mass is 808 g/mol. The summed E-state index contributed by atoms with van der Waals surface area (Å²) in [6, 6.07) is 22.8. The van der Waals surface area contributed by atoms with E-state index in [9.17, 15) is 9.90 Å². The van der Waals surface area contributed by atoms with Gasteiger partial charge < -0.3 is 9.52 Å². The fourth-order valence-electron chi connectivity index (χ4n) is 6.58. The zero-order chi connectivity index (χ0) is 33.0. The number of aromatic nitrogens is 2. The van der Waals surface area contributed by atoms with Gasteiger partial charge >= 0.3 is 0 Å². The van der Waals surface area contributed by atoms with Gasteiger partial charge in [0.25, 0.3) is 0 Å². The summed E-state index contributed by atoms with van der Waals surface area (Å²) in [6.07, 6.45) is 8.51. The first-order valence-corrected chi connectivity index (χ1v) is 16.9. The number of carbonyl (C=O) groups excluding carboxylic acids is 1. The minimum atomic E-state index is -0.00303. The van der Waals surface area contributed by atoms with Crippen molar-refractivity contribution in [3.63, 3.8) is 0 Å². The van der Waals surface area contributed by atoms with Gasteiger partial charge in [0.1, 0.15) is 23.2 Å². The van der Waals surface area contributed by atoms with Gasteiger partial charge in [0.2, 0.25) is 0 Å². The van der Waals surface area contributed by atoms with Crippen LogP contribution in [0.1, 0.15) is 90.8 Å². The molecule has 3 aromatic carbocycles. The van der Waals surface area contributed by atoms with Crippen LogP contribution in [-0.4, -0.2) is 20.9 Å². The van der Waals surface area contributed by atoms with Crippen LogP contribution in [0, 0.1) is 17.9 Å². The molecule has 2 heterocycles. The fourth-order valence-corrected chi connectivity index (χ4v) is 6.58. The number of aliphatic hydroxyl groups excluding tert-OH is 1. The van der Waals surface area contributed by atoms with E-state index in [0.717, 1.165) is 72.0 Å². The molecule has 0 bridgehead atoms. The molecule has 249 valence electrons. The SMILES string of the molecule is CC(C)(C)c1cc(-c2ncnc3c4c(oc23)-c2ccccc2CC4)[c-]c2ccccc12.CCC(CC)C(=O)/C=C(\O)C(CC)CC.[Ir]. The molecule has 0 spiro atoms. The number of benzene rings is 3. The van der Waals surface area contributed by atoms with Crippen LogP contribution in [0.4, 0.5) is 0 Å². The molecule has 1 N–H and O–H groups in total. The summed E-state index contributed by atoms with van der Waals surface area (Å²) >= 11 is 0. The molecule has 47 heavy (non-hydrogen) atoms. The van der Waals surface area contributed by atoms with Crippen molar-refractivity contribution in [2.24, 2.45) is 11.8 Å². The van der Waals surface area contributed by atoms with Crippen LogP contribution in [0.3, 0.4) is 0 Å². The number of carbonyl (C=O) groups is 1. The molecule has 0 atom stereocenters. The van der Waals surface area contributed by atoms with Crippen LogP contribution in [-0.2, 0) is 43.2 Å². The molecule has 0 fully saturated rings. The third kappa shape index (κ3) is 7.60. The Balaban J connectivity index is 0.000000269. The number of allylic oxidation sites excluding steroid dienone is 2. The van der Waals surface area contributed by atoms with E-state index >= 15 is 0 Å². The molecule has 0 amide bonds. The third-order valence-corrected chi connectivity index (χ3v) is 9.39. The molecule has 0 unspecified atom stereocenters. The number of aliphatic hydroxyl groups is 1. The Hall–Kier alpha value is -3.60. The summed E-state index contributed by atoms with van der Waals surface area (Å²) in [5, 5.41) is 12.1. The summed E-state index contributed by atoms with van der Waals surface area (Å²) < 4.78 is 6.50. The van der Waals surface area contributed by atoms with Crippen molar-refractivity contribution in [3.8, 4) is 22.6 Å². The number of nitrogens with zero attached hydrogens (tertiary/aromatic N) is 2. The van der Waals surface area contributed by atoms with Gasteiger partial charge in [-0.2, -0.15) is 0 Å². The molecule has 1 aliphatic carbocycles. The van der Waals surface area contributed by atoms with E-state index in [1.165, 1.54) is 33.7 Å². The Kier molecular flexibility index (Phi) is 12.0. The zero-order valence-electron chi connectivity index (χ0n) is 28.7. The Bertz CT molecular complexity index is 1870. The minimum absolute atomic E-state index is 0. The first kappa shape index (κ1) is 36.2. The van der Waals surface area contributed by atoms with Gasteiger partial charge in [-0.3, -0.25) is 9.78 Å². The quantitative estimate of drug-likeness (QED) is 0.0960. The van der Waals surface area contributed by atoms with E-state index in [0.29, 0.717) is 0 Å². The molecule has 5 nitrogen and oxygen atoms in total. The molecule has 0 saturated carbocycles. The van der Waals surface area contributed by atoms with Crippen LogP contribution in [0.25, 0.3) is 44.5 Å². The van der Waals surface area contributed by atoms with E-state index in [4.69, 9.17) is 4.42 Å². The standard InChI is InChI=1S/C28H23N2O.C13H24O2.Ir/c1-28(2,3)23-15-19(14-18-9-5-6-10-20(18)23)24-27-25(30-16-29-24)22-13-12-17-8-4-7-11-21(17)26(22)31-27;1-5-10(6-2)12(14)9-13(15)11(7-3)8-4;/h4-11,15-16H,12-13H2,1-3H3;9-11,14H,5-8H2,1-4H3;/q-1;;/b;12-9-;. The topological polar surface area (TPSA) is 76.2 Å². The van der Waals surface area contributed by atoms with Crippen LogP contribution in [0.15, 0.2) is 77.2 Å². The molecule has 5 aromatic rings. The van der Waals surface area contributed by atoms with Gasteiger partial charge in [0, 0.05) is 49.1 Å². The van der Waals surface area contributed by atoms with Gasteiger partial charge in [0.15, 0.2) is 5.78 Å². The summed E-state index contributed by atoms with van der Waals surface area (Å²) in [7, 11) is 0. The van der Waals surface area contributed by atoms with Crippen molar-refractivity contribution in [2.45, 2.75) is 92.4 Å². The molecule has 6 rings (SSSR count). The second kappa shape index (κ2) is 15.5. The van der Waals surface area contributed by atoms with Crippen molar-refractivity contribution < 1.29 is 34.4 Å². The van der Waals surface area contributed by atoms with Crippen LogP contribution >= 0.6 is 0 Å². The molecule has 0 saturated heterocycles. The van der Waals surface area contributed by atoms with Crippen LogP contribution < -0.4 is 0 Å². The number of rotatable bonds is 8. The first-order chi connectivity index (χ1) is 22.1. The third-order valence-electron chi connectivity index (χ3n) is 9.39. The number of furan rings is 1. The molecular weight excluding hydrogens is 761 g/mol. The van der Waals surface area contributed by atoms with E-state index in [1.54, 1.807) is 6.33 Å². The summed E-state index contributed by atoms with van der Waals surface area (Å²) in [4.78, 5) is 21.0.